The fourth-order valence-electron chi connectivity index (χ4n) is 1.11. The predicted octanol–water partition coefficient (Wildman–Crippen LogP) is 3.23. The Hall–Kier alpha value is -0.990. The van der Waals surface area contributed by atoms with E-state index in [0.29, 0.717) is 5.56 Å². The number of aryl methyl sites for hydroxylation is 1. The van der Waals surface area contributed by atoms with Gasteiger partial charge >= 0.3 is 5.97 Å². The Bertz CT molecular complexity index is 393. The fraction of sp³-hybridized carbons (Fsp3) is 0.100. The third-order valence-corrected chi connectivity index (χ3v) is 2.09. The normalized spacial score (nSPS) is 9.64. The summed E-state index contributed by atoms with van der Waals surface area (Å²) in [5.41, 5.74) is 1.39. The summed E-state index contributed by atoms with van der Waals surface area (Å²) in [6.07, 6.45) is 0. The molecule has 0 spiro atoms. The number of hydrogen-bond acceptors (Lipinski definition) is 1. The van der Waals surface area contributed by atoms with E-state index in [1.165, 1.54) is 0 Å². The minimum Gasteiger partial charge on any atom is -0.478 e. The van der Waals surface area contributed by atoms with Crippen molar-refractivity contribution < 1.29 is 9.90 Å². The monoisotopic (exact) mass is 230 g/mol. The zero-order valence-corrected chi connectivity index (χ0v) is 8.93. The van der Waals surface area contributed by atoms with Crippen molar-refractivity contribution in [2.75, 3.05) is 0 Å². The molecule has 0 aliphatic carbocycles. The van der Waals surface area contributed by atoms with Gasteiger partial charge in [0.2, 0.25) is 0 Å². The van der Waals surface area contributed by atoms with Crippen molar-refractivity contribution in [1.82, 2.24) is 0 Å². The Morgan fingerprint density at radius 2 is 2.00 bits per heavy atom. The molecule has 1 N–H and O–H groups in total. The highest BCUT2D eigenvalue weighted by atomic mass is 35.5. The van der Waals surface area contributed by atoms with Gasteiger partial charge in [0.05, 0.1) is 5.57 Å². The molecule has 0 saturated carbocycles. The topological polar surface area (TPSA) is 37.3 Å². The van der Waals surface area contributed by atoms with Gasteiger partial charge in [0.25, 0.3) is 0 Å². The van der Waals surface area contributed by atoms with E-state index in [1.54, 1.807) is 18.2 Å². The lowest BCUT2D eigenvalue weighted by Gasteiger charge is -2.03. The maximum atomic E-state index is 10.8. The molecule has 0 heterocycles. The third kappa shape index (κ3) is 2.50. The number of hydrogen-bond donors (Lipinski definition) is 1. The number of halogens is 2. The summed E-state index contributed by atoms with van der Waals surface area (Å²) in [7, 11) is 0. The first-order chi connectivity index (χ1) is 6.52. The summed E-state index contributed by atoms with van der Waals surface area (Å²) in [6, 6.07) is 6.99. The van der Waals surface area contributed by atoms with E-state index >= 15 is 0 Å². The van der Waals surface area contributed by atoms with Crippen LogP contribution < -0.4 is 0 Å². The largest absolute Gasteiger partial charge is 0.478 e. The van der Waals surface area contributed by atoms with Crippen LogP contribution in [0.5, 0.6) is 0 Å². The van der Waals surface area contributed by atoms with E-state index in [2.05, 4.69) is 0 Å². The smallest absolute Gasteiger partial charge is 0.338 e. The van der Waals surface area contributed by atoms with Crippen molar-refractivity contribution in [2.45, 2.75) is 6.92 Å². The van der Waals surface area contributed by atoms with Gasteiger partial charge in [0, 0.05) is 0 Å². The van der Waals surface area contributed by atoms with Crippen molar-refractivity contribution in [3.05, 3.63) is 39.9 Å². The summed E-state index contributed by atoms with van der Waals surface area (Å²) < 4.78 is -0.233. The van der Waals surface area contributed by atoms with Gasteiger partial charge in [-0.05, 0) is 12.5 Å². The first kappa shape index (κ1) is 11.1. The van der Waals surface area contributed by atoms with Crippen molar-refractivity contribution in [2.24, 2.45) is 0 Å². The van der Waals surface area contributed by atoms with Crippen molar-refractivity contribution in [3.63, 3.8) is 0 Å². The Morgan fingerprint density at radius 1 is 1.36 bits per heavy atom. The zero-order chi connectivity index (χ0) is 10.7. The van der Waals surface area contributed by atoms with Crippen molar-refractivity contribution in [3.8, 4) is 0 Å². The van der Waals surface area contributed by atoms with E-state index in [1.807, 2.05) is 13.0 Å². The Morgan fingerprint density at radius 3 is 2.43 bits per heavy atom. The van der Waals surface area contributed by atoms with Crippen molar-refractivity contribution >= 4 is 34.7 Å². The van der Waals surface area contributed by atoms with Gasteiger partial charge in [-0.25, -0.2) is 4.79 Å². The highest BCUT2D eigenvalue weighted by Crippen LogP contribution is 2.25. The lowest BCUT2D eigenvalue weighted by molar-refractivity contribution is -0.130. The molecule has 1 rings (SSSR count). The van der Waals surface area contributed by atoms with Crippen molar-refractivity contribution in [1.29, 1.82) is 0 Å². The van der Waals surface area contributed by atoms with E-state index in [0.717, 1.165) is 5.56 Å². The van der Waals surface area contributed by atoms with Gasteiger partial charge in [-0.15, -0.1) is 0 Å². The first-order valence-electron chi connectivity index (χ1n) is 3.88. The molecule has 74 valence electrons. The molecule has 4 heteroatoms. The molecule has 0 fully saturated rings. The van der Waals surface area contributed by atoms with Crippen LogP contribution in [-0.4, -0.2) is 11.1 Å². The molecule has 2 nitrogen and oxygen atoms in total. The molecule has 1 aromatic carbocycles. The molecule has 0 saturated heterocycles. The molecule has 0 amide bonds. The standard InChI is InChI=1S/C10H8Cl2O2/c1-6-3-2-4-7(5-6)8(9(11)12)10(13)14/h2-5H,1H3,(H,13,14). The maximum absolute atomic E-state index is 10.8. The predicted molar refractivity (Wildman–Crippen MR) is 57.4 cm³/mol. The lowest BCUT2D eigenvalue weighted by atomic mass is 10.1. The van der Waals surface area contributed by atoms with E-state index in [-0.39, 0.29) is 10.1 Å². The minimum atomic E-state index is -1.13. The molecule has 14 heavy (non-hydrogen) atoms. The second kappa shape index (κ2) is 4.49. The first-order valence-corrected chi connectivity index (χ1v) is 4.63. The van der Waals surface area contributed by atoms with Gasteiger partial charge < -0.3 is 5.11 Å². The quantitative estimate of drug-likeness (QED) is 0.793. The maximum Gasteiger partial charge on any atom is 0.338 e. The van der Waals surface area contributed by atoms with Crippen LogP contribution in [-0.2, 0) is 4.79 Å². The SMILES string of the molecule is Cc1cccc(C(C(=O)O)=C(Cl)Cl)c1. The Balaban J connectivity index is 3.27. The third-order valence-electron chi connectivity index (χ3n) is 1.71. The van der Waals surface area contributed by atoms with Gasteiger partial charge in [-0.1, -0.05) is 53.0 Å². The molecule has 0 unspecified atom stereocenters. The molecule has 0 aliphatic heterocycles. The number of benzene rings is 1. The lowest BCUT2D eigenvalue weighted by Crippen LogP contribution is -2.00. The van der Waals surface area contributed by atoms with Crippen LogP contribution in [0, 0.1) is 6.92 Å². The van der Waals surface area contributed by atoms with Gasteiger partial charge in [-0.3, -0.25) is 0 Å². The van der Waals surface area contributed by atoms with Gasteiger partial charge in [-0.2, -0.15) is 0 Å². The molecule has 0 aromatic heterocycles. The summed E-state index contributed by atoms with van der Waals surface area (Å²) in [5.74, 6) is -1.13. The number of carboxylic acid groups (broad SMARTS) is 1. The highest BCUT2D eigenvalue weighted by Gasteiger charge is 2.14. The van der Waals surface area contributed by atoms with Crippen LogP contribution in [0.3, 0.4) is 0 Å². The van der Waals surface area contributed by atoms with Gasteiger partial charge in [0.15, 0.2) is 0 Å². The van der Waals surface area contributed by atoms with E-state index < -0.39 is 5.97 Å². The van der Waals surface area contributed by atoms with Crippen LogP contribution >= 0.6 is 23.2 Å². The fourth-order valence-corrected chi connectivity index (χ4v) is 1.49. The highest BCUT2D eigenvalue weighted by molar-refractivity contribution is 6.61. The van der Waals surface area contributed by atoms with Crippen LogP contribution in [0.2, 0.25) is 0 Å². The Labute approximate surface area is 91.8 Å². The average Bonchev–Trinajstić information content (AvgIpc) is 2.02. The summed E-state index contributed by atoms with van der Waals surface area (Å²) in [5, 5.41) is 8.86. The molecule has 0 radical (unpaired) electrons. The number of carboxylic acids is 1. The van der Waals surface area contributed by atoms with E-state index in [9.17, 15) is 4.79 Å². The zero-order valence-electron chi connectivity index (χ0n) is 7.42. The van der Waals surface area contributed by atoms with Crippen LogP contribution in [0.15, 0.2) is 28.8 Å². The summed E-state index contributed by atoms with van der Waals surface area (Å²) >= 11 is 11.0. The van der Waals surface area contributed by atoms with Gasteiger partial charge in [0.1, 0.15) is 4.49 Å². The summed E-state index contributed by atoms with van der Waals surface area (Å²) in [6.45, 7) is 1.87. The molecule has 0 aliphatic rings. The average molecular weight is 231 g/mol. The second-order valence-corrected chi connectivity index (χ2v) is 3.76. The summed E-state index contributed by atoms with van der Waals surface area (Å²) in [4.78, 5) is 10.8. The van der Waals surface area contributed by atoms with E-state index in [4.69, 9.17) is 28.3 Å². The van der Waals surface area contributed by atoms with Crippen LogP contribution in [0.1, 0.15) is 11.1 Å². The number of rotatable bonds is 2. The Kier molecular flexibility index (Phi) is 3.55. The second-order valence-electron chi connectivity index (χ2n) is 2.81. The number of carbonyl (C=O) groups is 1. The molecule has 1 aromatic rings. The minimum absolute atomic E-state index is 0.0722. The molecule has 0 atom stereocenters. The van der Waals surface area contributed by atoms with Crippen LogP contribution in [0.25, 0.3) is 5.57 Å². The molecular weight excluding hydrogens is 223 g/mol. The van der Waals surface area contributed by atoms with Crippen LogP contribution in [0.4, 0.5) is 0 Å². The number of aliphatic carboxylic acids is 1. The molecular formula is C10H8Cl2O2. The molecule has 0 bridgehead atoms.